The highest BCUT2D eigenvalue weighted by molar-refractivity contribution is 5.95. The highest BCUT2D eigenvalue weighted by atomic mass is 16.5. The minimum atomic E-state index is -0.985. The fourth-order valence-corrected chi connectivity index (χ4v) is 7.93. The van der Waals surface area contributed by atoms with Crippen LogP contribution in [0.15, 0.2) is 11.6 Å². The van der Waals surface area contributed by atoms with Crippen molar-refractivity contribution in [3.8, 4) is 0 Å². The zero-order chi connectivity index (χ0) is 22.8. The van der Waals surface area contributed by atoms with Crippen LogP contribution in [-0.2, 0) is 9.53 Å². The maximum atomic E-state index is 13.2. The normalized spacial score (nSPS) is 48.1. The van der Waals surface area contributed by atoms with Gasteiger partial charge in [0.25, 0.3) is 0 Å². The molecular weight excluding hydrogens is 394 g/mol. The Labute approximate surface area is 186 Å². The lowest BCUT2D eigenvalue weighted by molar-refractivity contribution is -0.153. The smallest absolute Gasteiger partial charge is 0.159 e. The number of hydrogen-bond donors (Lipinski definition) is 3. The van der Waals surface area contributed by atoms with E-state index in [4.69, 9.17) is 4.74 Å². The Morgan fingerprint density at radius 2 is 1.90 bits per heavy atom. The number of ether oxygens (including phenoxy) is 1. The standard InChI is InChI=1S/C25H41NO5/c1-15(26(4)10-11-31-5)16-7-9-25(30)18-12-20(27)19-13-21(28)22(29)14-23(19,2)17(18)6-8-24(16,25)3/h12,15-17,19,21-22,28-30H,6-11,13-14H2,1-5H3/t15?,16-,17?,19+,21-,22+,23-,24-,25-/m1/s1. The Kier molecular flexibility index (Phi) is 5.96. The lowest BCUT2D eigenvalue weighted by atomic mass is 9.46. The van der Waals surface area contributed by atoms with E-state index in [9.17, 15) is 20.1 Å². The number of allylic oxidation sites excluding steroid dienone is 1. The molecule has 0 amide bonds. The molecule has 0 bridgehead atoms. The summed E-state index contributed by atoms with van der Waals surface area (Å²) in [5.74, 6) is 0.159. The molecular formula is C25H41NO5. The molecule has 4 aliphatic carbocycles. The van der Waals surface area contributed by atoms with Gasteiger partial charge in [0.15, 0.2) is 5.78 Å². The number of hydrogen-bond acceptors (Lipinski definition) is 6. The van der Waals surface area contributed by atoms with Gasteiger partial charge < -0.3 is 25.0 Å². The highest BCUT2D eigenvalue weighted by Crippen LogP contribution is 2.67. The number of methoxy groups -OCH3 is 1. The number of nitrogens with zero attached hydrogens (tertiary/aromatic N) is 1. The van der Waals surface area contributed by atoms with Gasteiger partial charge in [-0.3, -0.25) is 4.79 Å². The summed E-state index contributed by atoms with van der Waals surface area (Å²) >= 11 is 0. The van der Waals surface area contributed by atoms with Gasteiger partial charge in [0.2, 0.25) is 0 Å². The molecule has 4 aliphatic rings. The molecule has 6 nitrogen and oxygen atoms in total. The van der Waals surface area contributed by atoms with E-state index in [2.05, 4.69) is 32.7 Å². The second kappa shape index (κ2) is 7.91. The number of carbonyl (C=O) groups is 1. The van der Waals surface area contributed by atoms with Crippen LogP contribution < -0.4 is 0 Å². The molecule has 0 aliphatic heterocycles. The summed E-state index contributed by atoms with van der Waals surface area (Å²) < 4.78 is 5.26. The van der Waals surface area contributed by atoms with Crippen molar-refractivity contribution < 1.29 is 24.9 Å². The van der Waals surface area contributed by atoms with E-state index in [-0.39, 0.29) is 23.0 Å². The monoisotopic (exact) mass is 435 g/mol. The second-order valence-electron chi connectivity index (χ2n) is 11.4. The van der Waals surface area contributed by atoms with E-state index in [0.29, 0.717) is 37.8 Å². The van der Waals surface area contributed by atoms with Gasteiger partial charge >= 0.3 is 0 Å². The van der Waals surface area contributed by atoms with E-state index in [1.807, 2.05) is 0 Å². The molecule has 9 atom stereocenters. The van der Waals surface area contributed by atoms with E-state index in [1.54, 1.807) is 13.2 Å². The van der Waals surface area contributed by atoms with Gasteiger partial charge in [-0.15, -0.1) is 0 Å². The molecule has 0 spiro atoms. The Balaban J connectivity index is 1.67. The Hall–Kier alpha value is -0.790. The number of aliphatic hydroxyl groups is 3. The van der Waals surface area contributed by atoms with Crippen molar-refractivity contribution in [1.82, 2.24) is 4.90 Å². The summed E-state index contributed by atoms with van der Waals surface area (Å²) in [6.07, 6.45) is 4.27. The molecule has 31 heavy (non-hydrogen) atoms. The molecule has 0 radical (unpaired) electrons. The summed E-state index contributed by atoms with van der Waals surface area (Å²) in [6, 6.07) is 0.306. The van der Waals surface area contributed by atoms with Crippen molar-refractivity contribution in [3.05, 3.63) is 11.6 Å². The largest absolute Gasteiger partial charge is 0.390 e. The minimum Gasteiger partial charge on any atom is -0.390 e. The summed E-state index contributed by atoms with van der Waals surface area (Å²) in [5.41, 5.74) is -0.771. The van der Waals surface area contributed by atoms with Gasteiger partial charge in [0.05, 0.1) is 24.4 Å². The van der Waals surface area contributed by atoms with Crippen LogP contribution in [0.2, 0.25) is 0 Å². The van der Waals surface area contributed by atoms with Crippen LogP contribution in [0.25, 0.3) is 0 Å². The first-order valence-electron chi connectivity index (χ1n) is 12.0. The molecule has 176 valence electrons. The molecule has 0 saturated heterocycles. The number of aliphatic hydroxyl groups excluding tert-OH is 2. The van der Waals surface area contributed by atoms with E-state index >= 15 is 0 Å². The van der Waals surface area contributed by atoms with Gasteiger partial charge in [-0.05, 0) is 81.4 Å². The SMILES string of the molecule is COCCN(C)C(C)[C@H]1CC[C@@]2(O)C3=CC(=O)[C@@H]4C[C@@H](O)[C@@H](O)C[C@]4(C)C3CC[C@]12C. The molecule has 3 fully saturated rings. The average molecular weight is 436 g/mol. The fraction of sp³-hybridized carbons (Fsp3) is 0.880. The summed E-state index contributed by atoms with van der Waals surface area (Å²) in [4.78, 5) is 15.5. The maximum Gasteiger partial charge on any atom is 0.159 e. The number of carbonyl (C=O) groups excluding carboxylic acids is 1. The quantitative estimate of drug-likeness (QED) is 0.613. The van der Waals surface area contributed by atoms with Crippen LogP contribution in [0.4, 0.5) is 0 Å². The fourth-order valence-electron chi connectivity index (χ4n) is 7.93. The van der Waals surface area contributed by atoms with Crippen molar-refractivity contribution in [1.29, 1.82) is 0 Å². The number of fused-ring (bicyclic) bond motifs is 5. The van der Waals surface area contributed by atoms with Gasteiger partial charge in [-0.25, -0.2) is 0 Å². The first kappa shape index (κ1) is 23.4. The van der Waals surface area contributed by atoms with Crippen molar-refractivity contribution in [3.63, 3.8) is 0 Å². The van der Waals surface area contributed by atoms with Crippen LogP contribution in [0, 0.1) is 28.6 Å². The Morgan fingerprint density at radius 3 is 2.58 bits per heavy atom. The van der Waals surface area contributed by atoms with Gasteiger partial charge in [0.1, 0.15) is 0 Å². The molecule has 4 rings (SSSR count). The van der Waals surface area contributed by atoms with Gasteiger partial charge in [0, 0.05) is 31.0 Å². The lowest BCUT2D eigenvalue weighted by Crippen LogP contribution is -2.61. The van der Waals surface area contributed by atoms with Crippen LogP contribution in [-0.4, -0.2) is 77.2 Å². The average Bonchev–Trinajstić information content (AvgIpc) is 2.99. The van der Waals surface area contributed by atoms with E-state index < -0.39 is 23.2 Å². The van der Waals surface area contributed by atoms with Crippen molar-refractivity contribution in [2.75, 3.05) is 27.3 Å². The summed E-state index contributed by atoms with van der Waals surface area (Å²) in [6.45, 7) is 8.11. The maximum absolute atomic E-state index is 13.2. The number of ketones is 1. The molecule has 0 aromatic rings. The van der Waals surface area contributed by atoms with E-state index in [0.717, 1.165) is 31.4 Å². The third-order valence-electron chi connectivity index (χ3n) is 10.1. The molecule has 0 aromatic heterocycles. The Morgan fingerprint density at radius 1 is 1.19 bits per heavy atom. The van der Waals surface area contributed by atoms with Crippen LogP contribution in [0.5, 0.6) is 0 Å². The molecule has 3 saturated carbocycles. The second-order valence-corrected chi connectivity index (χ2v) is 11.4. The Bertz CT molecular complexity index is 754. The minimum absolute atomic E-state index is 0.0195. The molecule has 0 heterocycles. The zero-order valence-electron chi connectivity index (χ0n) is 19.8. The van der Waals surface area contributed by atoms with Crippen molar-refractivity contribution in [2.45, 2.75) is 83.1 Å². The predicted molar refractivity (Wildman–Crippen MR) is 118 cm³/mol. The van der Waals surface area contributed by atoms with Crippen molar-refractivity contribution >= 4 is 5.78 Å². The first-order valence-corrected chi connectivity index (χ1v) is 12.0. The third-order valence-corrected chi connectivity index (χ3v) is 10.1. The topological polar surface area (TPSA) is 90.2 Å². The van der Waals surface area contributed by atoms with Crippen LogP contribution in [0.3, 0.4) is 0 Å². The summed E-state index contributed by atoms with van der Waals surface area (Å²) in [5, 5.41) is 32.9. The van der Waals surface area contributed by atoms with Crippen molar-refractivity contribution in [2.24, 2.45) is 28.6 Å². The predicted octanol–water partition coefficient (Wildman–Crippen LogP) is 2.16. The zero-order valence-corrected chi connectivity index (χ0v) is 19.8. The molecule has 3 N–H and O–H groups in total. The summed E-state index contributed by atoms with van der Waals surface area (Å²) in [7, 11) is 3.84. The van der Waals surface area contributed by atoms with Gasteiger partial charge in [-0.1, -0.05) is 13.8 Å². The highest BCUT2D eigenvalue weighted by Gasteiger charge is 2.67. The van der Waals surface area contributed by atoms with Gasteiger partial charge in [-0.2, -0.15) is 0 Å². The van der Waals surface area contributed by atoms with Crippen LogP contribution >= 0.6 is 0 Å². The van der Waals surface area contributed by atoms with E-state index in [1.165, 1.54) is 0 Å². The lowest BCUT2D eigenvalue weighted by Gasteiger charge is -2.60. The first-order chi connectivity index (χ1) is 14.5. The number of rotatable bonds is 5. The molecule has 0 aromatic carbocycles. The van der Waals surface area contributed by atoms with Crippen LogP contribution in [0.1, 0.15) is 59.3 Å². The molecule has 2 unspecified atom stereocenters. The third kappa shape index (κ3) is 3.28. The number of likely N-dealkylation sites (N-methyl/N-ethyl adjacent to an activating group) is 1. The molecule has 6 heteroatoms.